The van der Waals surface area contributed by atoms with E-state index in [0.717, 1.165) is 0 Å². The van der Waals surface area contributed by atoms with E-state index in [1.165, 1.54) is 11.2 Å². The summed E-state index contributed by atoms with van der Waals surface area (Å²) in [5.41, 5.74) is 10.0. The molecule has 1 aromatic heterocycles. The maximum Gasteiger partial charge on any atom is 0.289 e. The van der Waals surface area contributed by atoms with E-state index >= 15 is 0 Å². The largest absolute Gasteiger partial charge is 0.459 e. The van der Waals surface area contributed by atoms with Gasteiger partial charge < -0.3 is 26.1 Å². The van der Waals surface area contributed by atoms with Crippen molar-refractivity contribution < 1.29 is 23.6 Å². The second kappa shape index (κ2) is 6.95. The number of rotatable bonds is 5. The molecule has 5 N–H and O–H groups in total. The summed E-state index contributed by atoms with van der Waals surface area (Å²) >= 11 is 0. The van der Waals surface area contributed by atoms with Crippen LogP contribution in [0, 0.1) is 5.92 Å². The van der Waals surface area contributed by atoms with Crippen molar-refractivity contribution in [2.75, 3.05) is 13.1 Å². The highest BCUT2D eigenvalue weighted by atomic mass is 16.3. The van der Waals surface area contributed by atoms with Gasteiger partial charge >= 0.3 is 0 Å². The minimum atomic E-state index is -1.56. The molecule has 1 aliphatic rings. The van der Waals surface area contributed by atoms with Gasteiger partial charge in [-0.1, -0.05) is 0 Å². The van der Waals surface area contributed by atoms with Crippen LogP contribution in [0.25, 0.3) is 0 Å². The monoisotopic (exact) mass is 322 g/mol. The third-order valence-corrected chi connectivity index (χ3v) is 3.67. The summed E-state index contributed by atoms with van der Waals surface area (Å²) in [5.74, 6) is -3.25. The van der Waals surface area contributed by atoms with E-state index in [-0.39, 0.29) is 18.2 Å². The molecule has 0 aliphatic carbocycles. The minimum Gasteiger partial charge on any atom is -0.459 e. The number of piperidine rings is 1. The van der Waals surface area contributed by atoms with E-state index in [2.05, 4.69) is 5.32 Å². The summed E-state index contributed by atoms with van der Waals surface area (Å²) in [4.78, 5) is 48.1. The number of carbonyl (C=O) groups excluding carboxylic acids is 4. The van der Waals surface area contributed by atoms with Gasteiger partial charge in [-0.05, 0) is 25.0 Å². The average molecular weight is 322 g/mol. The zero-order chi connectivity index (χ0) is 17.0. The van der Waals surface area contributed by atoms with Gasteiger partial charge in [-0.3, -0.25) is 19.2 Å². The Balaban J connectivity index is 2.00. The molecule has 9 heteroatoms. The Morgan fingerprint density at radius 3 is 2.52 bits per heavy atom. The van der Waals surface area contributed by atoms with Crippen LogP contribution in [0.5, 0.6) is 0 Å². The molecule has 23 heavy (non-hydrogen) atoms. The van der Waals surface area contributed by atoms with Crippen LogP contribution < -0.4 is 16.8 Å². The van der Waals surface area contributed by atoms with Crippen LogP contribution in [-0.2, 0) is 14.4 Å². The summed E-state index contributed by atoms with van der Waals surface area (Å²) in [7, 11) is 0. The normalized spacial score (nSPS) is 17.8. The van der Waals surface area contributed by atoms with Gasteiger partial charge in [0.2, 0.25) is 17.7 Å². The summed E-state index contributed by atoms with van der Waals surface area (Å²) in [5, 5.41) is 2.23. The first-order valence-corrected chi connectivity index (χ1v) is 7.12. The van der Waals surface area contributed by atoms with Crippen molar-refractivity contribution in [3.63, 3.8) is 0 Å². The zero-order valence-corrected chi connectivity index (χ0v) is 12.4. The molecule has 0 saturated carbocycles. The molecule has 1 saturated heterocycles. The molecule has 1 unspecified atom stereocenters. The quantitative estimate of drug-likeness (QED) is 0.569. The Morgan fingerprint density at radius 2 is 1.96 bits per heavy atom. The van der Waals surface area contributed by atoms with Crippen LogP contribution in [0.4, 0.5) is 0 Å². The number of nitrogens with one attached hydrogen (secondary N) is 1. The first-order chi connectivity index (χ1) is 10.9. The Morgan fingerprint density at radius 1 is 1.26 bits per heavy atom. The maximum absolute atomic E-state index is 12.2. The Labute approximate surface area is 132 Å². The van der Waals surface area contributed by atoms with E-state index in [4.69, 9.17) is 15.9 Å². The highest BCUT2D eigenvalue weighted by Crippen LogP contribution is 2.19. The van der Waals surface area contributed by atoms with E-state index < -0.39 is 29.7 Å². The van der Waals surface area contributed by atoms with Crippen molar-refractivity contribution in [2.24, 2.45) is 17.4 Å². The summed E-state index contributed by atoms with van der Waals surface area (Å²) in [6.07, 6.45) is 2.53. The second-order valence-corrected chi connectivity index (χ2v) is 5.31. The molecule has 0 bridgehead atoms. The fourth-order valence-corrected chi connectivity index (χ4v) is 2.47. The third-order valence-electron chi connectivity index (χ3n) is 3.67. The van der Waals surface area contributed by atoms with Crippen molar-refractivity contribution in [1.29, 1.82) is 0 Å². The average Bonchev–Trinajstić information content (AvgIpc) is 3.05. The van der Waals surface area contributed by atoms with Gasteiger partial charge in [0, 0.05) is 13.1 Å². The summed E-state index contributed by atoms with van der Waals surface area (Å²) in [6, 6.07) is 1.59. The van der Waals surface area contributed by atoms with Crippen LogP contribution >= 0.6 is 0 Å². The standard InChI is InChI=1S/C14H18N4O5/c15-11(19)10(12(16)20)17-13(21)8-3-1-5-18(7-8)14(22)9-4-2-6-23-9/h2,4,6,8,10H,1,3,5,7H2,(H2,15,19)(H2,16,20)(H,17,21). The lowest BCUT2D eigenvalue weighted by molar-refractivity contribution is -0.136. The number of amides is 4. The molecule has 1 atom stereocenters. The summed E-state index contributed by atoms with van der Waals surface area (Å²) < 4.78 is 5.06. The SMILES string of the molecule is NC(=O)C(NC(=O)C1CCCN(C(=O)c2ccco2)C1)C(N)=O. The van der Waals surface area contributed by atoms with Crippen LogP contribution in [0.2, 0.25) is 0 Å². The summed E-state index contributed by atoms with van der Waals surface area (Å²) in [6.45, 7) is 0.661. The lowest BCUT2D eigenvalue weighted by Gasteiger charge is -2.31. The Kier molecular flexibility index (Phi) is 4.99. The molecule has 4 amide bonds. The number of primary amides is 2. The fourth-order valence-electron chi connectivity index (χ4n) is 2.47. The molecule has 0 aromatic carbocycles. The molecule has 1 fully saturated rings. The number of nitrogens with zero attached hydrogens (tertiary/aromatic N) is 1. The Hall–Kier alpha value is -2.84. The first-order valence-electron chi connectivity index (χ1n) is 7.12. The van der Waals surface area contributed by atoms with Crippen LogP contribution in [0.15, 0.2) is 22.8 Å². The zero-order valence-electron chi connectivity index (χ0n) is 12.4. The van der Waals surface area contributed by atoms with Gasteiger partial charge in [0.25, 0.3) is 5.91 Å². The van der Waals surface area contributed by atoms with E-state index in [0.29, 0.717) is 19.4 Å². The molecular weight excluding hydrogens is 304 g/mol. The lowest BCUT2D eigenvalue weighted by atomic mass is 9.96. The molecule has 124 valence electrons. The predicted molar refractivity (Wildman–Crippen MR) is 77.7 cm³/mol. The van der Waals surface area contributed by atoms with E-state index in [9.17, 15) is 19.2 Å². The minimum absolute atomic E-state index is 0.162. The van der Waals surface area contributed by atoms with Crippen molar-refractivity contribution >= 4 is 23.6 Å². The molecule has 1 aliphatic heterocycles. The van der Waals surface area contributed by atoms with Crippen molar-refractivity contribution in [2.45, 2.75) is 18.9 Å². The number of hydrogen-bond acceptors (Lipinski definition) is 5. The third kappa shape index (κ3) is 3.87. The van der Waals surface area contributed by atoms with Gasteiger partial charge in [0.1, 0.15) is 0 Å². The molecule has 1 aromatic rings. The van der Waals surface area contributed by atoms with Crippen LogP contribution in [0.1, 0.15) is 23.4 Å². The number of likely N-dealkylation sites (tertiary alicyclic amines) is 1. The highest BCUT2D eigenvalue weighted by molar-refractivity contribution is 6.05. The number of furan rings is 1. The van der Waals surface area contributed by atoms with Gasteiger partial charge in [-0.15, -0.1) is 0 Å². The van der Waals surface area contributed by atoms with Crippen molar-refractivity contribution in [3.8, 4) is 0 Å². The number of nitrogens with two attached hydrogens (primary N) is 2. The maximum atomic E-state index is 12.2. The fraction of sp³-hybridized carbons (Fsp3) is 0.429. The van der Waals surface area contributed by atoms with Crippen molar-refractivity contribution in [3.05, 3.63) is 24.2 Å². The van der Waals surface area contributed by atoms with Gasteiger partial charge in [0.15, 0.2) is 11.8 Å². The molecule has 2 heterocycles. The molecule has 9 nitrogen and oxygen atoms in total. The predicted octanol–water partition coefficient (Wildman–Crippen LogP) is -1.41. The first kappa shape index (κ1) is 16.5. The second-order valence-electron chi connectivity index (χ2n) is 5.31. The lowest BCUT2D eigenvalue weighted by Crippen LogP contribution is -2.55. The van der Waals surface area contributed by atoms with Gasteiger partial charge in [-0.25, -0.2) is 0 Å². The molecule has 0 radical (unpaired) electrons. The van der Waals surface area contributed by atoms with Gasteiger partial charge in [0.05, 0.1) is 12.2 Å². The molecule has 2 rings (SSSR count). The number of carbonyl (C=O) groups is 4. The van der Waals surface area contributed by atoms with E-state index in [1.54, 1.807) is 12.1 Å². The topological polar surface area (TPSA) is 149 Å². The molecular formula is C14H18N4O5. The highest BCUT2D eigenvalue weighted by Gasteiger charge is 2.32. The van der Waals surface area contributed by atoms with E-state index in [1.807, 2.05) is 0 Å². The number of hydrogen-bond donors (Lipinski definition) is 3. The molecule has 0 spiro atoms. The van der Waals surface area contributed by atoms with Crippen LogP contribution in [-0.4, -0.2) is 47.7 Å². The van der Waals surface area contributed by atoms with Crippen molar-refractivity contribution in [1.82, 2.24) is 10.2 Å². The smallest absolute Gasteiger partial charge is 0.289 e. The van der Waals surface area contributed by atoms with Crippen LogP contribution in [0.3, 0.4) is 0 Å². The Bertz CT molecular complexity index is 599. The van der Waals surface area contributed by atoms with Gasteiger partial charge in [-0.2, -0.15) is 0 Å².